The van der Waals surface area contributed by atoms with E-state index in [0.717, 1.165) is 24.3 Å². The molecule has 1 aliphatic heterocycles. The topological polar surface area (TPSA) is 44.5 Å². The van der Waals surface area contributed by atoms with Crippen molar-refractivity contribution >= 4 is 0 Å². The molecule has 0 saturated heterocycles. The molecule has 0 amide bonds. The van der Waals surface area contributed by atoms with Crippen LogP contribution in [0.15, 0.2) is 6.07 Å². The number of nitrogens with two attached hydrogens (primary N) is 1. The molecule has 0 bridgehead atoms. The van der Waals surface area contributed by atoms with Gasteiger partial charge < -0.3 is 15.2 Å². The highest BCUT2D eigenvalue weighted by Crippen LogP contribution is 2.45. The number of rotatable bonds is 1. The zero-order valence-electron chi connectivity index (χ0n) is 10.5. The first-order valence-corrected chi connectivity index (χ1v) is 6.31. The predicted octanol–water partition coefficient (Wildman–Crippen LogP) is 2.76. The summed E-state index contributed by atoms with van der Waals surface area (Å²) < 4.78 is 11.0. The van der Waals surface area contributed by atoms with Crippen molar-refractivity contribution in [3.8, 4) is 11.5 Å². The Balaban J connectivity index is 2.14. The Bertz CT molecular complexity index is 462. The zero-order chi connectivity index (χ0) is 12.0. The lowest BCUT2D eigenvalue weighted by Crippen LogP contribution is -2.34. The standard InChI is InChI=1S/C14H19NO2/c1-9-10(2)13-12(16-8-17-13)7-11(9)14(15)5-3-4-6-14/h7H,3-6,8,15H2,1-2H3. The minimum Gasteiger partial charge on any atom is -0.454 e. The van der Waals surface area contributed by atoms with E-state index in [9.17, 15) is 0 Å². The molecule has 2 N–H and O–H groups in total. The number of fused-ring (bicyclic) bond motifs is 1. The third-order valence-corrected chi connectivity index (χ3v) is 4.26. The molecule has 0 spiro atoms. The van der Waals surface area contributed by atoms with Crippen molar-refractivity contribution in [3.05, 3.63) is 22.8 Å². The highest BCUT2D eigenvalue weighted by atomic mass is 16.7. The summed E-state index contributed by atoms with van der Waals surface area (Å²) in [6.45, 7) is 4.56. The van der Waals surface area contributed by atoms with Crippen LogP contribution in [0.5, 0.6) is 11.5 Å². The van der Waals surface area contributed by atoms with E-state index in [2.05, 4.69) is 19.9 Å². The van der Waals surface area contributed by atoms with Gasteiger partial charge in [-0.1, -0.05) is 12.8 Å². The molecule has 0 radical (unpaired) electrons. The van der Waals surface area contributed by atoms with E-state index in [1.165, 1.54) is 29.5 Å². The van der Waals surface area contributed by atoms with Gasteiger partial charge in [0.1, 0.15) is 0 Å². The van der Waals surface area contributed by atoms with Crippen molar-refractivity contribution in [3.63, 3.8) is 0 Å². The quantitative estimate of drug-likeness (QED) is 0.811. The Morgan fingerprint density at radius 2 is 1.82 bits per heavy atom. The smallest absolute Gasteiger partial charge is 0.231 e. The summed E-state index contributed by atoms with van der Waals surface area (Å²) in [4.78, 5) is 0. The summed E-state index contributed by atoms with van der Waals surface area (Å²) in [6.07, 6.45) is 4.60. The summed E-state index contributed by atoms with van der Waals surface area (Å²) >= 11 is 0. The second-order valence-corrected chi connectivity index (χ2v) is 5.27. The first-order valence-electron chi connectivity index (χ1n) is 6.31. The van der Waals surface area contributed by atoms with Gasteiger partial charge in [-0.15, -0.1) is 0 Å². The van der Waals surface area contributed by atoms with E-state index in [4.69, 9.17) is 15.2 Å². The fourth-order valence-electron chi connectivity index (χ4n) is 3.09. The largest absolute Gasteiger partial charge is 0.454 e. The van der Waals surface area contributed by atoms with Crippen molar-refractivity contribution < 1.29 is 9.47 Å². The van der Waals surface area contributed by atoms with Crippen LogP contribution >= 0.6 is 0 Å². The van der Waals surface area contributed by atoms with Crippen LogP contribution in [0.25, 0.3) is 0 Å². The van der Waals surface area contributed by atoms with Gasteiger partial charge in [0.25, 0.3) is 0 Å². The second-order valence-electron chi connectivity index (χ2n) is 5.27. The minimum absolute atomic E-state index is 0.157. The van der Waals surface area contributed by atoms with E-state index in [-0.39, 0.29) is 5.54 Å². The molecule has 92 valence electrons. The lowest BCUT2D eigenvalue weighted by molar-refractivity contribution is 0.173. The molecule has 3 nitrogen and oxygen atoms in total. The Morgan fingerprint density at radius 1 is 1.12 bits per heavy atom. The number of hydrogen-bond acceptors (Lipinski definition) is 3. The van der Waals surface area contributed by atoms with E-state index >= 15 is 0 Å². The number of benzene rings is 1. The fraction of sp³-hybridized carbons (Fsp3) is 0.571. The molecule has 1 fully saturated rings. The Kier molecular flexibility index (Phi) is 2.33. The number of ether oxygens (including phenoxy) is 2. The molecule has 0 unspecified atom stereocenters. The van der Waals surface area contributed by atoms with E-state index in [0.29, 0.717) is 6.79 Å². The van der Waals surface area contributed by atoms with Gasteiger partial charge in [-0.2, -0.15) is 0 Å². The molecular weight excluding hydrogens is 214 g/mol. The maximum atomic E-state index is 6.55. The summed E-state index contributed by atoms with van der Waals surface area (Å²) in [5.41, 5.74) is 10.1. The summed E-state index contributed by atoms with van der Waals surface area (Å²) in [6, 6.07) is 2.09. The molecule has 1 aliphatic carbocycles. The number of hydrogen-bond donors (Lipinski definition) is 1. The van der Waals surface area contributed by atoms with Gasteiger partial charge in [0, 0.05) is 5.54 Å². The Morgan fingerprint density at radius 3 is 2.53 bits per heavy atom. The lowest BCUT2D eigenvalue weighted by atomic mass is 9.84. The molecule has 3 heteroatoms. The highest BCUT2D eigenvalue weighted by Gasteiger charge is 2.35. The maximum absolute atomic E-state index is 6.55. The second kappa shape index (κ2) is 3.64. The van der Waals surface area contributed by atoms with Gasteiger partial charge in [0.05, 0.1) is 0 Å². The van der Waals surface area contributed by atoms with Crippen molar-refractivity contribution in [1.82, 2.24) is 0 Å². The van der Waals surface area contributed by atoms with Gasteiger partial charge in [0.2, 0.25) is 6.79 Å². The van der Waals surface area contributed by atoms with Gasteiger partial charge in [-0.05, 0) is 49.4 Å². The molecule has 1 aromatic carbocycles. The van der Waals surface area contributed by atoms with Crippen LogP contribution in [0.3, 0.4) is 0 Å². The summed E-state index contributed by atoms with van der Waals surface area (Å²) in [5, 5.41) is 0. The minimum atomic E-state index is -0.157. The SMILES string of the molecule is Cc1c(C2(N)CCCC2)cc2c(c1C)OCO2. The van der Waals surface area contributed by atoms with E-state index in [1.807, 2.05) is 0 Å². The van der Waals surface area contributed by atoms with Crippen LogP contribution in [0.1, 0.15) is 42.4 Å². The van der Waals surface area contributed by atoms with Crippen LogP contribution < -0.4 is 15.2 Å². The average molecular weight is 233 g/mol. The van der Waals surface area contributed by atoms with Crippen molar-refractivity contribution in [1.29, 1.82) is 0 Å². The Hall–Kier alpha value is -1.22. The van der Waals surface area contributed by atoms with Crippen LogP contribution in [-0.2, 0) is 5.54 Å². The molecule has 17 heavy (non-hydrogen) atoms. The summed E-state index contributed by atoms with van der Waals surface area (Å²) in [7, 11) is 0. The molecule has 1 heterocycles. The molecule has 2 aliphatic rings. The molecular formula is C14H19NO2. The third kappa shape index (κ3) is 1.53. The molecule has 0 aromatic heterocycles. The average Bonchev–Trinajstić information content (AvgIpc) is 2.92. The van der Waals surface area contributed by atoms with E-state index in [1.54, 1.807) is 0 Å². The molecule has 1 saturated carbocycles. The third-order valence-electron chi connectivity index (χ3n) is 4.26. The molecule has 1 aromatic rings. The van der Waals surface area contributed by atoms with Gasteiger partial charge >= 0.3 is 0 Å². The first-order chi connectivity index (χ1) is 8.12. The fourth-order valence-corrected chi connectivity index (χ4v) is 3.09. The predicted molar refractivity (Wildman–Crippen MR) is 66.4 cm³/mol. The van der Waals surface area contributed by atoms with Crippen molar-refractivity contribution in [2.45, 2.75) is 45.1 Å². The van der Waals surface area contributed by atoms with Crippen molar-refractivity contribution in [2.75, 3.05) is 6.79 Å². The first kappa shape index (κ1) is 10.9. The van der Waals surface area contributed by atoms with Crippen molar-refractivity contribution in [2.24, 2.45) is 5.73 Å². The van der Waals surface area contributed by atoms with Gasteiger partial charge in [-0.25, -0.2) is 0 Å². The summed E-state index contributed by atoms with van der Waals surface area (Å²) in [5.74, 6) is 1.76. The van der Waals surface area contributed by atoms with Crippen LogP contribution in [0.4, 0.5) is 0 Å². The zero-order valence-corrected chi connectivity index (χ0v) is 10.5. The van der Waals surface area contributed by atoms with Crippen LogP contribution in [0.2, 0.25) is 0 Å². The highest BCUT2D eigenvalue weighted by molar-refractivity contribution is 5.56. The normalized spacial score (nSPS) is 20.9. The monoisotopic (exact) mass is 233 g/mol. The van der Waals surface area contributed by atoms with E-state index < -0.39 is 0 Å². The molecule has 0 atom stereocenters. The van der Waals surface area contributed by atoms with Gasteiger partial charge in [-0.3, -0.25) is 0 Å². The molecule has 3 rings (SSSR count). The Labute approximate surface area is 102 Å². The lowest BCUT2D eigenvalue weighted by Gasteiger charge is -2.27. The van der Waals surface area contributed by atoms with Crippen LogP contribution in [0, 0.1) is 13.8 Å². The van der Waals surface area contributed by atoms with Gasteiger partial charge in [0.15, 0.2) is 11.5 Å². The maximum Gasteiger partial charge on any atom is 0.231 e. The van der Waals surface area contributed by atoms with Crippen LogP contribution in [-0.4, -0.2) is 6.79 Å².